The summed E-state index contributed by atoms with van der Waals surface area (Å²) in [6.45, 7) is 6.33. The van der Waals surface area contributed by atoms with Crippen LogP contribution in [0.1, 0.15) is 53.9 Å². The molecule has 126 valence electrons. The molecule has 1 fully saturated rings. The number of nitrogens with two attached hydrogens (primary N) is 1. The zero-order chi connectivity index (χ0) is 16.6. The number of primary amides is 1. The van der Waals surface area contributed by atoms with E-state index in [4.69, 9.17) is 5.73 Å². The fourth-order valence-electron chi connectivity index (χ4n) is 3.72. The lowest BCUT2D eigenvalue weighted by atomic mass is 9.98. The van der Waals surface area contributed by atoms with Crippen LogP contribution in [0.25, 0.3) is 0 Å². The van der Waals surface area contributed by atoms with Gasteiger partial charge in [0.25, 0.3) is 11.8 Å². The Kier molecular flexibility index (Phi) is 4.73. The van der Waals surface area contributed by atoms with Crippen molar-refractivity contribution in [3.63, 3.8) is 0 Å². The topological polar surface area (TPSA) is 76.6 Å². The van der Waals surface area contributed by atoms with Crippen LogP contribution in [-0.4, -0.2) is 30.9 Å². The molecule has 0 spiro atoms. The van der Waals surface area contributed by atoms with Crippen LogP contribution >= 0.6 is 11.3 Å². The van der Waals surface area contributed by atoms with Crippen LogP contribution in [0, 0.1) is 5.92 Å². The summed E-state index contributed by atoms with van der Waals surface area (Å²) in [6.07, 6.45) is 5.30. The van der Waals surface area contributed by atoms with Crippen molar-refractivity contribution in [1.29, 1.82) is 0 Å². The van der Waals surface area contributed by atoms with Crippen LogP contribution in [0.3, 0.4) is 0 Å². The van der Waals surface area contributed by atoms with Gasteiger partial charge in [0, 0.05) is 4.88 Å². The number of amides is 2. The molecule has 2 aliphatic rings. The van der Waals surface area contributed by atoms with E-state index < -0.39 is 5.91 Å². The predicted molar refractivity (Wildman–Crippen MR) is 92.0 cm³/mol. The van der Waals surface area contributed by atoms with E-state index in [1.165, 1.54) is 34.0 Å². The number of likely N-dealkylation sites (tertiary alicyclic amines) is 1. The van der Waals surface area contributed by atoms with E-state index in [1.807, 2.05) is 6.92 Å². The van der Waals surface area contributed by atoms with Crippen molar-refractivity contribution < 1.29 is 14.5 Å². The summed E-state index contributed by atoms with van der Waals surface area (Å²) in [5.41, 5.74) is 7.16. The Morgan fingerprint density at radius 3 is 2.65 bits per heavy atom. The Bertz CT molecular complexity index is 618. The number of nitrogens with one attached hydrogen (secondary N) is 2. The predicted octanol–water partition coefficient (Wildman–Crippen LogP) is 0.978. The Morgan fingerprint density at radius 2 is 2.00 bits per heavy atom. The minimum atomic E-state index is -0.425. The molecule has 5 nitrogen and oxygen atoms in total. The minimum Gasteiger partial charge on any atom is -0.365 e. The minimum absolute atomic E-state index is 0.00280. The maximum Gasteiger partial charge on any atom is 0.282 e. The van der Waals surface area contributed by atoms with Gasteiger partial charge in [0.2, 0.25) is 0 Å². The van der Waals surface area contributed by atoms with Crippen LogP contribution in [0.4, 0.5) is 5.00 Å². The summed E-state index contributed by atoms with van der Waals surface area (Å²) < 4.78 is 0. The van der Waals surface area contributed by atoms with Gasteiger partial charge < -0.3 is 16.0 Å². The van der Waals surface area contributed by atoms with E-state index in [-0.39, 0.29) is 11.9 Å². The van der Waals surface area contributed by atoms with Gasteiger partial charge >= 0.3 is 0 Å². The van der Waals surface area contributed by atoms with E-state index in [0.29, 0.717) is 10.6 Å². The first kappa shape index (κ1) is 16.5. The number of carbonyl (C=O) groups excluding carboxylic acids is 2. The molecule has 2 heterocycles. The SMILES string of the molecule is CC1CC[NH+]([C@H](C)C(=O)Nc2sc3c(c2C(N)=O)CCC3)CC1. The van der Waals surface area contributed by atoms with Crippen LogP contribution in [0.15, 0.2) is 0 Å². The summed E-state index contributed by atoms with van der Waals surface area (Å²) in [7, 11) is 0. The van der Waals surface area contributed by atoms with Crippen molar-refractivity contribution in [2.24, 2.45) is 11.7 Å². The van der Waals surface area contributed by atoms with Crippen molar-refractivity contribution in [3.05, 3.63) is 16.0 Å². The molecule has 1 saturated heterocycles. The highest BCUT2D eigenvalue weighted by Crippen LogP contribution is 2.38. The Morgan fingerprint density at radius 1 is 1.30 bits per heavy atom. The number of carbonyl (C=O) groups is 2. The normalized spacial score (nSPS) is 25.0. The quantitative estimate of drug-likeness (QED) is 0.766. The lowest BCUT2D eigenvalue weighted by Gasteiger charge is -2.31. The second-order valence-electron chi connectivity index (χ2n) is 6.98. The molecule has 4 N–H and O–H groups in total. The second kappa shape index (κ2) is 6.61. The van der Waals surface area contributed by atoms with Gasteiger partial charge in [-0.25, -0.2) is 0 Å². The molecular formula is C17H26N3O2S+. The van der Waals surface area contributed by atoms with Crippen molar-refractivity contribution in [3.8, 4) is 0 Å². The third-order valence-electron chi connectivity index (χ3n) is 5.33. The number of hydrogen-bond acceptors (Lipinski definition) is 3. The highest BCUT2D eigenvalue weighted by atomic mass is 32.1. The number of fused-ring (bicyclic) bond motifs is 1. The van der Waals surface area contributed by atoms with Crippen molar-refractivity contribution >= 4 is 28.2 Å². The Labute approximate surface area is 141 Å². The smallest absolute Gasteiger partial charge is 0.282 e. The Balaban J connectivity index is 1.72. The summed E-state index contributed by atoms with van der Waals surface area (Å²) >= 11 is 1.53. The van der Waals surface area contributed by atoms with Crippen LogP contribution in [0.2, 0.25) is 0 Å². The second-order valence-corrected chi connectivity index (χ2v) is 8.08. The number of hydrogen-bond donors (Lipinski definition) is 3. The molecule has 1 aliphatic carbocycles. The van der Waals surface area contributed by atoms with Crippen molar-refractivity contribution in [1.82, 2.24) is 0 Å². The largest absolute Gasteiger partial charge is 0.365 e. The molecule has 1 aliphatic heterocycles. The van der Waals surface area contributed by atoms with E-state index in [2.05, 4.69) is 12.2 Å². The number of piperidine rings is 1. The molecule has 1 aromatic rings. The maximum atomic E-state index is 12.6. The number of thiophene rings is 1. The molecule has 6 heteroatoms. The van der Waals surface area contributed by atoms with Crippen LogP contribution in [0.5, 0.6) is 0 Å². The lowest BCUT2D eigenvalue weighted by Crippen LogP contribution is -3.17. The zero-order valence-electron chi connectivity index (χ0n) is 13.9. The van der Waals surface area contributed by atoms with Gasteiger partial charge in [-0.1, -0.05) is 6.92 Å². The molecule has 1 aromatic heterocycles. The maximum absolute atomic E-state index is 12.6. The highest BCUT2D eigenvalue weighted by Gasteiger charge is 2.31. The Hall–Kier alpha value is -1.40. The highest BCUT2D eigenvalue weighted by molar-refractivity contribution is 7.17. The molecule has 0 unspecified atom stereocenters. The molecule has 0 radical (unpaired) electrons. The first-order chi connectivity index (χ1) is 11.0. The fourth-order valence-corrected chi connectivity index (χ4v) is 5.02. The summed E-state index contributed by atoms with van der Waals surface area (Å²) in [5.74, 6) is 0.333. The number of quaternary nitrogens is 1. The van der Waals surface area contributed by atoms with E-state index in [1.54, 1.807) is 0 Å². The third kappa shape index (κ3) is 3.28. The number of anilines is 1. The van der Waals surface area contributed by atoms with E-state index in [9.17, 15) is 9.59 Å². The average molecular weight is 336 g/mol. The molecule has 0 saturated carbocycles. The van der Waals surface area contributed by atoms with Gasteiger partial charge in [-0.3, -0.25) is 9.59 Å². The van der Waals surface area contributed by atoms with Gasteiger partial charge in [0.05, 0.1) is 18.7 Å². The average Bonchev–Trinajstić information content (AvgIpc) is 3.07. The van der Waals surface area contributed by atoms with E-state index >= 15 is 0 Å². The molecule has 0 aromatic carbocycles. The number of rotatable bonds is 4. The van der Waals surface area contributed by atoms with E-state index in [0.717, 1.165) is 43.8 Å². The summed E-state index contributed by atoms with van der Waals surface area (Å²) in [6, 6.07) is -0.0971. The third-order valence-corrected chi connectivity index (χ3v) is 6.53. The van der Waals surface area contributed by atoms with Gasteiger partial charge in [0.15, 0.2) is 6.04 Å². The number of aryl methyl sites for hydroxylation is 1. The molecule has 0 bridgehead atoms. The first-order valence-corrected chi connectivity index (χ1v) is 9.38. The van der Waals surface area contributed by atoms with Gasteiger partial charge in [-0.15, -0.1) is 11.3 Å². The lowest BCUT2D eigenvalue weighted by molar-refractivity contribution is -0.919. The molecule has 2 amide bonds. The molecule has 3 rings (SSSR count). The summed E-state index contributed by atoms with van der Waals surface area (Å²) in [4.78, 5) is 27.0. The van der Waals surface area contributed by atoms with Gasteiger partial charge in [-0.2, -0.15) is 0 Å². The zero-order valence-corrected chi connectivity index (χ0v) is 14.7. The van der Waals surface area contributed by atoms with Gasteiger partial charge in [0.1, 0.15) is 5.00 Å². The molecular weight excluding hydrogens is 310 g/mol. The van der Waals surface area contributed by atoms with Crippen LogP contribution < -0.4 is 16.0 Å². The standard InChI is InChI=1S/C17H25N3O2S/c1-10-6-8-20(9-7-10)11(2)16(22)19-17-14(15(18)21)12-4-3-5-13(12)23-17/h10-11H,3-9H2,1-2H3,(H2,18,21)(H,19,22)/p+1/t11-/m1/s1. The summed E-state index contributed by atoms with van der Waals surface area (Å²) in [5, 5.41) is 3.64. The first-order valence-electron chi connectivity index (χ1n) is 8.57. The molecule has 23 heavy (non-hydrogen) atoms. The fraction of sp³-hybridized carbons (Fsp3) is 0.647. The molecule has 1 atom stereocenters. The monoisotopic (exact) mass is 336 g/mol. The van der Waals surface area contributed by atoms with Crippen molar-refractivity contribution in [2.45, 2.75) is 52.0 Å². The van der Waals surface area contributed by atoms with Crippen LogP contribution in [-0.2, 0) is 17.6 Å². The van der Waals surface area contributed by atoms with Crippen molar-refractivity contribution in [2.75, 3.05) is 18.4 Å². The van der Waals surface area contributed by atoms with Gasteiger partial charge in [-0.05, 0) is 50.5 Å².